The highest BCUT2D eigenvalue weighted by Gasteiger charge is 2.23. The second-order valence-electron chi connectivity index (χ2n) is 6.85. The van der Waals surface area contributed by atoms with Gasteiger partial charge < -0.3 is 14.5 Å². The first kappa shape index (κ1) is 18.5. The van der Waals surface area contributed by atoms with Gasteiger partial charge in [0.25, 0.3) is 5.91 Å². The van der Waals surface area contributed by atoms with E-state index < -0.39 is 0 Å². The first-order valence-electron chi connectivity index (χ1n) is 8.91. The van der Waals surface area contributed by atoms with Crippen molar-refractivity contribution in [1.82, 2.24) is 9.88 Å². The lowest BCUT2D eigenvalue weighted by Crippen LogP contribution is -2.49. The summed E-state index contributed by atoms with van der Waals surface area (Å²) in [5.41, 5.74) is 0.671. The van der Waals surface area contributed by atoms with Crippen LogP contribution in [0.4, 0.5) is 5.82 Å². The maximum Gasteiger partial charge on any atom is 0.254 e. The second-order valence-corrected chi connectivity index (χ2v) is 7.28. The molecule has 5 nitrogen and oxygen atoms in total. The zero-order valence-electron chi connectivity index (χ0n) is 15.2. The van der Waals surface area contributed by atoms with E-state index in [1.54, 1.807) is 6.20 Å². The molecule has 3 rings (SSSR count). The molecule has 2 aromatic rings. The van der Waals surface area contributed by atoms with Gasteiger partial charge in [0, 0.05) is 37.9 Å². The van der Waals surface area contributed by atoms with Crippen molar-refractivity contribution < 1.29 is 9.53 Å². The standard InChI is InChI=1S/C20H24ClN3O2/c1-15(2)14-26-18-5-3-4-16(12-18)20(25)24-10-8-23(9-11-24)19-7-6-17(21)13-22-19/h3-7,12-13,15H,8-11,14H2,1-2H3. The predicted octanol–water partition coefficient (Wildman–Crippen LogP) is 3.73. The molecule has 26 heavy (non-hydrogen) atoms. The summed E-state index contributed by atoms with van der Waals surface area (Å²) in [6.45, 7) is 7.69. The second kappa shape index (κ2) is 8.41. The number of carbonyl (C=O) groups excluding carboxylic acids is 1. The Balaban J connectivity index is 1.59. The number of pyridine rings is 1. The molecule has 1 fully saturated rings. The van der Waals surface area contributed by atoms with E-state index in [4.69, 9.17) is 16.3 Å². The zero-order valence-corrected chi connectivity index (χ0v) is 15.9. The maximum atomic E-state index is 12.8. The molecular weight excluding hydrogens is 350 g/mol. The van der Waals surface area contributed by atoms with Crippen molar-refractivity contribution in [2.75, 3.05) is 37.7 Å². The number of aromatic nitrogens is 1. The Morgan fingerprint density at radius 3 is 2.62 bits per heavy atom. The van der Waals surface area contributed by atoms with Crippen LogP contribution in [0.1, 0.15) is 24.2 Å². The average Bonchev–Trinajstić information content (AvgIpc) is 2.67. The minimum atomic E-state index is 0.0451. The van der Waals surface area contributed by atoms with Gasteiger partial charge in [0.15, 0.2) is 0 Å². The molecule has 138 valence electrons. The van der Waals surface area contributed by atoms with Gasteiger partial charge in [0.05, 0.1) is 11.6 Å². The number of ether oxygens (including phenoxy) is 1. The molecular formula is C20H24ClN3O2. The summed E-state index contributed by atoms with van der Waals surface area (Å²) in [5, 5.41) is 0.627. The van der Waals surface area contributed by atoms with Crippen molar-refractivity contribution >= 4 is 23.3 Å². The van der Waals surface area contributed by atoms with Crippen LogP contribution in [0.2, 0.25) is 5.02 Å². The summed E-state index contributed by atoms with van der Waals surface area (Å²) in [5.74, 6) is 2.13. The molecule has 1 aliphatic rings. The van der Waals surface area contributed by atoms with E-state index in [0.29, 0.717) is 36.2 Å². The number of anilines is 1. The minimum absolute atomic E-state index is 0.0451. The van der Waals surface area contributed by atoms with Crippen molar-refractivity contribution in [2.45, 2.75) is 13.8 Å². The fourth-order valence-electron chi connectivity index (χ4n) is 2.86. The third-order valence-electron chi connectivity index (χ3n) is 4.27. The Morgan fingerprint density at radius 2 is 1.96 bits per heavy atom. The highest BCUT2D eigenvalue weighted by Crippen LogP contribution is 2.19. The summed E-state index contributed by atoms with van der Waals surface area (Å²) < 4.78 is 5.73. The van der Waals surface area contributed by atoms with Crippen LogP contribution in [-0.2, 0) is 0 Å². The van der Waals surface area contributed by atoms with Crippen LogP contribution in [-0.4, -0.2) is 48.6 Å². The van der Waals surface area contributed by atoms with E-state index in [9.17, 15) is 4.79 Å². The molecule has 1 aromatic heterocycles. The van der Waals surface area contributed by atoms with Gasteiger partial charge in [-0.05, 0) is 36.2 Å². The van der Waals surface area contributed by atoms with Crippen molar-refractivity contribution in [3.05, 3.63) is 53.2 Å². The number of amides is 1. The molecule has 6 heteroatoms. The highest BCUT2D eigenvalue weighted by atomic mass is 35.5. The summed E-state index contributed by atoms with van der Waals surface area (Å²) in [7, 11) is 0. The molecule has 1 amide bonds. The third kappa shape index (κ3) is 4.67. The fraction of sp³-hybridized carbons (Fsp3) is 0.400. The van der Waals surface area contributed by atoms with Gasteiger partial charge in [0.2, 0.25) is 0 Å². The van der Waals surface area contributed by atoms with Crippen LogP contribution >= 0.6 is 11.6 Å². The van der Waals surface area contributed by atoms with Crippen LogP contribution in [0.15, 0.2) is 42.6 Å². The number of carbonyl (C=O) groups is 1. The first-order chi connectivity index (χ1) is 12.5. The molecule has 0 bridgehead atoms. The van der Waals surface area contributed by atoms with Gasteiger partial charge >= 0.3 is 0 Å². The zero-order chi connectivity index (χ0) is 18.5. The molecule has 2 heterocycles. The Bertz CT molecular complexity index is 741. The Hall–Kier alpha value is -2.27. The predicted molar refractivity (Wildman–Crippen MR) is 104 cm³/mol. The number of rotatable bonds is 5. The van der Waals surface area contributed by atoms with E-state index in [1.807, 2.05) is 41.3 Å². The van der Waals surface area contributed by atoms with Gasteiger partial charge in [-0.1, -0.05) is 31.5 Å². The number of benzene rings is 1. The lowest BCUT2D eigenvalue weighted by atomic mass is 10.1. The molecule has 1 aromatic carbocycles. The quantitative estimate of drug-likeness (QED) is 0.801. The van der Waals surface area contributed by atoms with E-state index in [0.717, 1.165) is 24.7 Å². The van der Waals surface area contributed by atoms with Crippen LogP contribution in [0.3, 0.4) is 0 Å². The first-order valence-corrected chi connectivity index (χ1v) is 9.29. The summed E-state index contributed by atoms with van der Waals surface area (Å²) in [4.78, 5) is 21.2. The minimum Gasteiger partial charge on any atom is -0.493 e. The maximum absolute atomic E-state index is 12.8. The lowest BCUT2D eigenvalue weighted by molar-refractivity contribution is 0.0746. The summed E-state index contributed by atoms with van der Waals surface area (Å²) in [6.07, 6.45) is 1.65. The van der Waals surface area contributed by atoms with Crippen molar-refractivity contribution in [1.29, 1.82) is 0 Å². The molecule has 1 saturated heterocycles. The normalized spacial score (nSPS) is 14.6. The smallest absolute Gasteiger partial charge is 0.254 e. The van der Waals surface area contributed by atoms with Gasteiger partial charge in [-0.2, -0.15) is 0 Å². The number of hydrogen-bond acceptors (Lipinski definition) is 4. The highest BCUT2D eigenvalue weighted by molar-refractivity contribution is 6.30. The van der Waals surface area contributed by atoms with Crippen LogP contribution in [0, 0.1) is 5.92 Å². The van der Waals surface area contributed by atoms with E-state index >= 15 is 0 Å². The average molecular weight is 374 g/mol. The Kier molecular flexibility index (Phi) is 5.99. The monoisotopic (exact) mass is 373 g/mol. The van der Waals surface area contributed by atoms with Crippen molar-refractivity contribution in [2.24, 2.45) is 5.92 Å². The van der Waals surface area contributed by atoms with E-state index in [-0.39, 0.29) is 5.91 Å². The largest absolute Gasteiger partial charge is 0.493 e. The third-order valence-corrected chi connectivity index (χ3v) is 4.49. The van der Waals surface area contributed by atoms with Crippen molar-refractivity contribution in [3.8, 4) is 5.75 Å². The molecule has 0 atom stereocenters. The van der Waals surface area contributed by atoms with Crippen LogP contribution in [0.25, 0.3) is 0 Å². The Labute approximate surface area is 159 Å². The molecule has 0 radical (unpaired) electrons. The SMILES string of the molecule is CC(C)COc1cccc(C(=O)N2CCN(c3ccc(Cl)cn3)CC2)c1. The molecule has 0 N–H and O–H groups in total. The number of halogens is 1. The van der Waals surface area contributed by atoms with Crippen LogP contribution < -0.4 is 9.64 Å². The summed E-state index contributed by atoms with van der Waals surface area (Å²) >= 11 is 5.89. The molecule has 0 saturated carbocycles. The van der Waals surface area contributed by atoms with Crippen molar-refractivity contribution in [3.63, 3.8) is 0 Å². The van der Waals surface area contributed by atoms with E-state index in [1.165, 1.54) is 0 Å². The molecule has 0 unspecified atom stereocenters. The molecule has 0 spiro atoms. The number of nitrogens with zero attached hydrogens (tertiary/aromatic N) is 3. The van der Waals surface area contributed by atoms with Crippen LogP contribution in [0.5, 0.6) is 5.75 Å². The fourth-order valence-corrected chi connectivity index (χ4v) is 2.97. The molecule has 1 aliphatic heterocycles. The summed E-state index contributed by atoms with van der Waals surface area (Å²) in [6, 6.07) is 11.2. The van der Waals surface area contributed by atoms with E-state index in [2.05, 4.69) is 23.7 Å². The van der Waals surface area contributed by atoms with Gasteiger partial charge in [-0.15, -0.1) is 0 Å². The van der Waals surface area contributed by atoms with Gasteiger partial charge in [0.1, 0.15) is 11.6 Å². The number of piperazine rings is 1. The Morgan fingerprint density at radius 1 is 1.19 bits per heavy atom. The van der Waals surface area contributed by atoms with Gasteiger partial charge in [-0.25, -0.2) is 4.98 Å². The topological polar surface area (TPSA) is 45.7 Å². The molecule has 0 aliphatic carbocycles. The lowest BCUT2D eigenvalue weighted by Gasteiger charge is -2.35. The van der Waals surface area contributed by atoms with Gasteiger partial charge in [-0.3, -0.25) is 4.79 Å². The number of hydrogen-bond donors (Lipinski definition) is 0.